The molecule has 0 heterocycles. The van der Waals surface area contributed by atoms with Crippen LogP contribution < -0.4 is 9.47 Å². The molecule has 0 saturated carbocycles. The van der Waals surface area contributed by atoms with E-state index in [4.69, 9.17) is 32.7 Å². The van der Waals surface area contributed by atoms with E-state index < -0.39 is 10.5 Å². The van der Waals surface area contributed by atoms with Crippen molar-refractivity contribution >= 4 is 33.7 Å². The van der Waals surface area contributed by atoms with Crippen molar-refractivity contribution in [1.82, 2.24) is 0 Å². The van der Waals surface area contributed by atoms with Crippen molar-refractivity contribution in [2.75, 3.05) is 0 Å². The molecule has 0 amide bonds. The molecule has 0 aliphatic heterocycles. The number of halogens is 2. The molecule has 3 aromatic rings. The van der Waals surface area contributed by atoms with Crippen LogP contribution >= 0.6 is 23.2 Å². The third-order valence-corrected chi connectivity index (χ3v) is 4.15. The molecular weight excluding hydrogens is 401 g/mol. The highest BCUT2D eigenvalue weighted by atomic mass is 35.5. The Labute approximate surface area is 170 Å². The Hall–Kier alpha value is -3.33. The van der Waals surface area contributed by atoms with Crippen molar-refractivity contribution in [3.05, 3.63) is 83.4 Å². The predicted octanol–water partition coefficient (Wildman–Crippen LogP) is 5.90. The van der Waals surface area contributed by atoms with Crippen molar-refractivity contribution in [1.29, 1.82) is 5.26 Å². The number of carbonyl (C=O) groups excluding carboxylic acids is 2. The summed E-state index contributed by atoms with van der Waals surface area (Å²) in [6.45, 7) is 0. The van der Waals surface area contributed by atoms with Crippen LogP contribution in [0.15, 0.2) is 66.7 Å². The Bertz CT molecular complexity index is 993. The van der Waals surface area contributed by atoms with Crippen molar-refractivity contribution in [2.24, 2.45) is 0 Å². The van der Waals surface area contributed by atoms with Crippen LogP contribution in [-0.4, -0.2) is 10.5 Å². The summed E-state index contributed by atoms with van der Waals surface area (Å²) in [6, 6.07) is 19.4. The van der Waals surface area contributed by atoms with Gasteiger partial charge in [-0.2, -0.15) is 5.26 Å². The number of nitrogens with zero attached hydrogens (tertiary/aromatic N) is 1. The Morgan fingerprint density at radius 3 is 1.43 bits per heavy atom. The molecule has 0 radical (unpaired) electrons. The molecule has 3 rings (SSSR count). The number of carbonyl (C=O) groups is 2. The zero-order valence-corrected chi connectivity index (χ0v) is 15.7. The molecule has 0 bridgehead atoms. The van der Waals surface area contributed by atoms with E-state index in [0.29, 0.717) is 22.6 Å². The number of hydrogen-bond acceptors (Lipinski definition) is 5. The molecule has 0 unspecified atom stereocenters. The first kappa shape index (κ1) is 19.4. The van der Waals surface area contributed by atoms with Gasteiger partial charge in [0.25, 0.3) is 10.5 Å². The molecule has 0 aliphatic rings. The fraction of sp³-hybridized carbons (Fsp3) is 0. The second kappa shape index (κ2) is 8.57. The van der Waals surface area contributed by atoms with E-state index in [2.05, 4.69) is 6.07 Å². The Kier molecular flexibility index (Phi) is 5.95. The monoisotopic (exact) mass is 411 g/mol. The molecule has 0 saturated heterocycles. The Balaban J connectivity index is 1.85. The van der Waals surface area contributed by atoms with E-state index in [9.17, 15) is 14.9 Å². The highest BCUT2D eigenvalue weighted by molar-refractivity contribution is 6.68. The number of benzene rings is 3. The zero-order chi connectivity index (χ0) is 20.1. The molecule has 0 fully saturated rings. The largest absolute Gasteiger partial charge is 0.456 e. The minimum atomic E-state index is -0.568. The minimum absolute atomic E-state index is 0.192. The van der Waals surface area contributed by atoms with Crippen LogP contribution in [0.2, 0.25) is 0 Å². The summed E-state index contributed by atoms with van der Waals surface area (Å²) in [5, 5.41) is 8.42. The lowest BCUT2D eigenvalue weighted by Crippen LogP contribution is -1.94. The van der Waals surface area contributed by atoms with Crippen LogP contribution in [0.4, 0.5) is 0 Å². The van der Waals surface area contributed by atoms with Gasteiger partial charge < -0.3 is 9.47 Å². The summed E-state index contributed by atoms with van der Waals surface area (Å²) in [5.74, 6) is 1.44. The predicted molar refractivity (Wildman–Crippen MR) is 105 cm³/mol. The van der Waals surface area contributed by atoms with Crippen molar-refractivity contribution < 1.29 is 19.1 Å². The molecule has 0 N–H and O–H groups in total. The van der Waals surface area contributed by atoms with Crippen LogP contribution in [0.5, 0.6) is 23.0 Å². The second-order valence-corrected chi connectivity index (χ2v) is 6.23. The molecule has 138 valence electrons. The molecule has 0 aliphatic carbocycles. The van der Waals surface area contributed by atoms with Gasteiger partial charge in [0.05, 0.1) is 0 Å². The third kappa shape index (κ3) is 4.49. The van der Waals surface area contributed by atoms with Gasteiger partial charge in [-0.1, -0.05) is 6.07 Å². The smallest absolute Gasteiger partial charge is 0.252 e. The maximum atomic E-state index is 11.1. The van der Waals surface area contributed by atoms with Crippen LogP contribution in [-0.2, 0) is 0 Å². The van der Waals surface area contributed by atoms with Crippen molar-refractivity contribution in [2.45, 2.75) is 0 Å². The van der Waals surface area contributed by atoms with E-state index in [0.717, 1.165) is 0 Å². The zero-order valence-electron chi connectivity index (χ0n) is 14.2. The van der Waals surface area contributed by atoms with Crippen LogP contribution in [0.3, 0.4) is 0 Å². The summed E-state index contributed by atoms with van der Waals surface area (Å²) in [4.78, 5) is 22.3. The third-order valence-electron chi connectivity index (χ3n) is 3.72. The number of rotatable bonds is 6. The lowest BCUT2D eigenvalue weighted by molar-refractivity contribution is 0.107. The average molecular weight is 412 g/mol. The lowest BCUT2D eigenvalue weighted by Gasteiger charge is -2.12. The van der Waals surface area contributed by atoms with Crippen LogP contribution in [0.25, 0.3) is 0 Å². The van der Waals surface area contributed by atoms with Crippen molar-refractivity contribution in [3.63, 3.8) is 0 Å². The van der Waals surface area contributed by atoms with Gasteiger partial charge in [-0.3, -0.25) is 9.59 Å². The van der Waals surface area contributed by atoms with Crippen LogP contribution in [0.1, 0.15) is 26.3 Å². The lowest BCUT2D eigenvalue weighted by atomic mass is 10.2. The summed E-state index contributed by atoms with van der Waals surface area (Å²) in [7, 11) is 0. The molecule has 28 heavy (non-hydrogen) atoms. The van der Waals surface area contributed by atoms with Gasteiger partial charge in [0.2, 0.25) is 0 Å². The first-order valence-corrected chi connectivity index (χ1v) is 8.72. The summed E-state index contributed by atoms with van der Waals surface area (Å²) in [5.41, 5.74) is 0.869. The highest BCUT2D eigenvalue weighted by Gasteiger charge is 2.13. The summed E-state index contributed by atoms with van der Waals surface area (Å²) in [6.07, 6.45) is 0. The number of ether oxygens (including phenoxy) is 2. The Morgan fingerprint density at radius 1 is 0.714 bits per heavy atom. The fourth-order valence-electron chi connectivity index (χ4n) is 2.35. The maximum Gasteiger partial charge on any atom is 0.252 e. The molecule has 3 aromatic carbocycles. The standard InChI is InChI=1S/C21H11Cl2NO4/c22-20(25)13-4-8-15(9-5-13)27-18-2-1-3-19(17(18)12-24)28-16-10-6-14(7-11-16)21(23)26/h1-11H. The van der Waals surface area contributed by atoms with E-state index in [1.807, 2.05) is 0 Å². The fourth-order valence-corrected chi connectivity index (χ4v) is 2.61. The van der Waals surface area contributed by atoms with Crippen LogP contribution in [0, 0.1) is 11.3 Å². The number of nitriles is 1. The van der Waals surface area contributed by atoms with Gasteiger partial charge in [-0.05, 0) is 83.9 Å². The van der Waals surface area contributed by atoms with E-state index in [1.54, 1.807) is 42.5 Å². The second-order valence-electron chi connectivity index (χ2n) is 5.54. The maximum absolute atomic E-state index is 11.1. The summed E-state index contributed by atoms with van der Waals surface area (Å²) < 4.78 is 11.5. The topological polar surface area (TPSA) is 76.4 Å². The van der Waals surface area contributed by atoms with E-state index in [1.165, 1.54) is 24.3 Å². The average Bonchev–Trinajstić information content (AvgIpc) is 2.69. The van der Waals surface area contributed by atoms with Gasteiger partial charge in [0, 0.05) is 11.1 Å². The normalized spacial score (nSPS) is 10.0. The summed E-state index contributed by atoms with van der Waals surface area (Å²) >= 11 is 10.8. The van der Waals surface area contributed by atoms with E-state index >= 15 is 0 Å². The van der Waals surface area contributed by atoms with Gasteiger partial charge >= 0.3 is 0 Å². The first-order chi connectivity index (χ1) is 13.5. The molecule has 0 spiro atoms. The molecule has 7 heteroatoms. The van der Waals surface area contributed by atoms with Gasteiger partial charge in [-0.15, -0.1) is 0 Å². The molecule has 0 aromatic heterocycles. The number of hydrogen-bond donors (Lipinski definition) is 0. The quantitative estimate of drug-likeness (QED) is 0.471. The van der Waals surface area contributed by atoms with E-state index in [-0.39, 0.29) is 17.1 Å². The molecular formula is C21H11Cl2NO4. The van der Waals surface area contributed by atoms with Gasteiger partial charge in [-0.25, -0.2) is 0 Å². The van der Waals surface area contributed by atoms with Gasteiger partial charge in [0.1, 0.15) is 34.6 Å². The molecule has 5 nitrogen and oxygen atoms in total. The SMILES string of the molecule is N#Cc1c(Oc2ccc(C(=O)Cl)cc2)cccc1Oc1ccc(C(=O)Cl)cc1. The first-order valence-electron chi connectivity index (χ1n) is 7.96. The Morgan fingerprint density at radius 2 is 1.11 bits per heavy atom. The minimum Gasteiger partial charge on any atom is -0.456 e. The molecule has 0 atom stereocenters. The highest BCUT2D eigenvalue weighted by Crippen LogP contribution is 2.34. The van der Waals surface area contributed by atoms with Crippen molar-refractivity contribution in [3.8, 4) is 29.1 Å². The van der Waals surface area contributed by atoms with Gasteiger partial charge in [0.15, 0.2) is 0 Å².